The lowest BCUT2D eigenvalue weighted by Crippen LogP contribution is -3.05. The Morgan fingerprint density at radius 1 is 1.31 bits per heavy atom. The van der Waals surface area contributed by atoms with Gasteiger partial charge in [0.2, 0.25) is 5.91 Å². The molecule has 1 aromatic carbocycles. The number of aromatic nitrogens is 1. The zero-order valence-electron chi connectivity index (χ0n) is 16.1. The summed E-state index contributed by atoms with van der Waals surface area (Å²) in [7, 11) is 5.96. The van der Waals surface area contributed by atoms with E-state index in [2.05, 4.69) is 14.1 Å². The molecule has 0 spiro atoms. The Balaban J connectivity index is 1.84. The summed E-state index contributed by atoms with van der Waals surface area (Å²) in [6, 6.07) is 5.93. The number of methoxy groups -OCH3 is 1. The van der Waals surface area contributed by atoms with E-state index in [0.717, 1.165) is 53.4 Å². The molecule has 5 nitrogen and oxygen atoms in total. The Labute approximate surface area is 160 Å². The molecule has 2 aromatic rings. The first-order valence-electron chi connectivity index (χ1n) is 9.63. The second kappa shape index (κ2) is 8.82. The highest BCUT2D eigenvalue weighted by Crippen LogP contribution is 2.33. The lowest BCUT2D eigenvalue weighted by Gasteiger charge is -2.27. The topological polar surface area (TPSA) is 46.9 Å². The average Bonchev–Trinajstić information content (AvgIpc) is 3.07. The molecular weight excluding hydrogens is 346 g/mol. The van der Waals surface area contributed by atoms with E-state index in [4.69, 9.17) is 9.72 Å². The first kappa shape index (κ1) is 19.1. The fraction of sp³-hybridized carbons (Fsp3) is 0.600. The quantitative estimate of drug-likeness (QED) is 0.808. The van der Waals surface area contributed by atoms with Gasteiger partial charge in [-0.2, -0.15) is 0 Å². The minimum absolute atomic E-state index is 0.164. The van der Waals surface area contributed by atoms with E-state index in [1.807, 2.05) is 23.1 Å². The maximum Gasteiger partial charge on any atom is 0.231 e. The molecule has 0 saturated heterocycles. The summed E-state index contributed by atoms with van der Waals surface area (Å²) < 4.78 is 6.40. The maximum atomic E-state index is 13.2. The number of fused-ring (bicyclic) bond motifs is 1. The summed E-state index contributed by atoms with van der Waals surface area (Å²) in [5.74, 6) is 1.23. The molecule has 142 valence electrons. The average molecular weight is 377 g/mol. The van der Waals surface area contributed by atoms with Gasteiger partial charge in [0, 0.05) is 24.9 Å². The molecule has 0 aliphatic heterocycles. The van der Waals surface area contributed by atoms with E-state index in [0.29, 0.717) is 0 Å². The number of ether oxygens (including phenoxy) is 1. The second-order valence-electron chi connectivity index (χ2n) is 7.47. The summed E-state index contributed by atoms with van der Waals surface area (Å²) >= 11 is 1.61. The van der Waals surface area contributed by atoms with Gasteiger partial charge in [0.15, 0.2) is 5.13 Å². The highest BCUT2D eigenvalue weighted by atomic mass is 32.1. The fourth-order valence-electron chi connectivity index (χ4n) is 3.60. The smallest absolute Gasteiger partial charge is 0.231 e. The summed E-state index contributed by atoms with van der Waals surface area (Å²) in [5, 5.41) is 0.831. The Morgan fingerprint density at radius 2 is 2.08 bits per heavy atom. The fourth-order valence-corrected chi connectivity index (χ4v) is 4.58. The SMILES string of the molecule is COc1ccc2sc(N(CCC[NH+](C)C)C(=O)C3CCCCC3)nc2c1. The minimum Gasteiger partial charge on any atom is -0.497 e. The van der Waals surface area contributed by atoms with Crippen LogP contribution in [0.15, 0.2) is 18.2 Å². The number of thiazole rings is 1. The van der Waals surface area contributed by atoms with Crippen molar-refractivity contribution >= 4 is 32.6 Å². The van der Waals surface area contributed by atoms with E-state index >= 15 is 0 Å². The maximum absolute atomic E-state index is 13.2. The van der Waals surface area contributed by atoms with Gasteiger partial charge in [-0.15, -0.1) is 0 Å². The zero-order chi connectivity index (χ0) is 18.5. The molecule has 0 bridgehead atoms. The van der Waals surface area contributed by atoms with Crippen molar-refractivity contribution in [2.75, 3.05) is 39.2 Å². The highest BCUT2D eigenvalue weighted by molar-refractivity contribution is 7.22. The lowest BCUT2D eigenvalue weighted by atomic mass is 9.88. The van der Waals surface area contributed by atoms with Crippen molar-refractivity contribution in [2.45, 2.75) is 38.5 Å². The standard InChI is InChI=1S/C20H29N3O2S/c1-22(2)12-7-13-23(19(24)15-8-5-4-6-9-15)20-21-17-14-16(25-3)10-11-18(17)26-20/h10-11,14-15H,4-9,12-13H2,1-3H3/p+1. The van der Waals surface area contributed by atoms with Crippen LogP contribution in [0.4, 0.5) is 5.13 Å². The molecule has 26 heavy (non-hydrogen) atoms. The third kappa shape index (κ3) is 4.54. The van der Waals surface area contributed by atoms with Gasteiger partial charge in [-0.05, 0) is 25.0 Å². The van der Waals surface area contributed by atoms with Crippen LogP contribution in [-0.2, 0) is 4.79 Å². The summed E-state index contributed by atoms with van der Waals surface area (Å²) in [4.78, 5) is 21.4. The van der Waals surface area contributed by atoms with Gasteiger partial charge in [-0.3, -0.25) is 9.69 Å². The zero-order valence-corrected chi connectivity index (χ0v) is 16.9. The molecule has 1 aliphatic rings. The van der Waals surface area contributed by atoms with Crippen LogP contribution in [0.3, 0.4) is 0 Å². The van der Waals surface area contributed by atoms with Gasteiger partial charge in [-0.25, -0.2) is 4.98 Å². The van der Waals surface area contributed by atoms with Gasteiger partial charge < -0.3 is 9.64 Å². The highest BCUT2D eigenvalue weighted by Gasteiger charge is 2.28. The van der Waals surface area contributed by atoms with Gasteiger partial charge in [0.25, 0.3) is 0 Å². The molecule has 6 heteroatoms. The normalized spacial score (nSPS) is 15.5. The Bertz CT molecular complexity index is 738. The van der Waals surface area contributed by atoms with Crippen molar-refractivity contribution in [3.63, 3.8) is 0 Å². The first-order chi connectivity index (χ1) is 12.6. The summed E-state index contributed by atoms with van der Waals surface area (Å²) in [6.07, 6.45) is 6.63. The number of nitrogens with one attached hydrogen (secondary N) is 1. The number of benzene rings is 1. The van der Waals surface area contributed by atoms with Crippen molar-refractivity contribution in [1.29, 1.82) is 0 Å². The molecule has 1 aliphatic carbocycles. The molecule has 0 unspecified atom stereocenters. The van der Waals surface area contributed by atoms with Crippen molar-refractivity contribution in [3.8, 4) is 5.75 Å². The molecule has 1 N–H and O–H groups in total. The van der Waals surface area contributed by atoms with Crippen LogP contribution >= 0.6 is 11.3 Å². The molecule has 0 radical (unpaired) electrons. The number of hydrogen-bond donors (Lipinski definition) is 1. The first-order valence-corrected chi connectivity index (χ1v) is 10.4. The van der Waals surface area contributed by atoms with Crippen LogP contribution in [0.1, 0.15) is 38.5 Å². The van der Waals surface area contributed by atoms with Crippen molar-refractivity contribution in [2.24, 2.45) is 5.92 Å². The molecule has 1 aromatic heterocycles. The van der Waals surface area contributed by atoms with E-state index in [1.54, 1.807) is 18.4 Å². The number of hydrogen-bond acceptors (Lipinski definition) is 4. The third-order valence-corrected chi connectivity index (χ3v) is 6.15. The molecule has 1 amide bonds. The van der Waals surface area contributed by atoms with E-state index < -0.39 is 0 Å². The predicted octanol–water partition coefficient (Wildman–Crippen LogP) is 2.75. The van der Waals surface area contributed by atoms with Crippen LogP contribution in [-0.4, -0.2) is 45.2 Å². The van der Waals surface area contributed by atoms with E-state index in [9.17, 15) is 4.79 Å². The molecule has 0 atom stereocenters. The van der Waals surface area contributed by atoms with Gasteiger partial charge in [-0.1, -0.05) is 30.6 Å². The number of anilines is 1. The predicted molar refractivity (Wildman–Crippen MR) is 107 cm³/mol. The van der Waals surface area contributed by atoms with Crippen LogP contribution in [0.2, 0.25) is 0 Å². The number of amides is 1. The Morgan fingerprint density at radius 3 is 2.77 bits per heavy atom. The molecular formula is C20H30N3O2S+. The van der Waals surface area contributed by atoms with Crippen LogP contribution in [0.5, 0.6) is 5.75 Å². The van der Waals surface area contributed by atoms with Crippen LogP contribution in [0, 0.1) is 5.92 Å². The molecule has 1 saturated carbocycles. The second-order valence-corrected chi connectivity index (χ2v) is 8.47. The number of rotatable bonds is 7. The van der Waals surface area contributed by atoms with Gasteiger partial charge in [0.1, 0.15) is 5.75 Å². The molecule has 1 heterocycles. The number of nitrogens with zero attached hydrogens (tertiary/aromatic N) is 2. The van der Waals surface area contributed by atoms with Crippen LogP contribution in [0.25, 0.3) is 10.2 Å². The largest absolute Gasteiger partial charge is 0.497 e. The van der Waals surface area contributed by atoms with Gasteiger partial charge >= 0.3 is 0 Å². The van der Waals surface area contributed by atoms with Crippen molar-refractivity contribution in [1.82, 2.24) is 4.98 Å². The van der Waals surface area contributed by atoms with Crippen molar-refractivity contribution in [3.05, 3.63) is 18.2 Å². The molecule has 3 rings (SSSR count). The Hall–Kier alpha value is -1.66. The van der Waals surface area contributed by atoms with Gasteiger partial charge in [0.05, 0.1) is 38.0 Å². The number of carbonyl (C=O) groups excluding carboxylic acids is 1. The number of carbonyl (C=O) groups is 1. The minimum atomic E-state index is 0.164. The summed E-state index contributed by atoms with van der Waals surface area (Å²) in [5.41, 5.74) is 0.907. The monoisotopic (exact) mass is 376 g/mol. The Kier molecular flexibility index (Phi) is 6.48. The number of quaternary nitrogens is 1. The summed E-state index contributed by atoms with van der Waals surface area (Å²) in [6.45, 7) is 1.80. The van der Waals surface area contributed by atoms with Crippen LogP contribution < -0.4 is 14.5 Å². The van der Waals surface area contributed by atoms with Crippen molar-refractivity contribution < 1.29 is 14.4 Å². The third-order valence-electron chi connectivity index (χ3n) is 5.09. The lowest BCUT2D eigenvalue weighted by molar-refractivity contribution is -0.858. The molecule has 1 fully saturated rings. The van der Waals surface area contributed by atoms with E-state index in [-0.39, 0.29) is 11.8 Å². The van der Waals surface area contributed by atoms with E-state index in [1.165, 1.54) is 24.2 Å².